The van der Waals surface area contributed by atoms with Gasteiger partial charge in [-0.1, -0.05) is 43.3 Å². The molecule has 0 bridgehead atoms. The second-order valence-electron chi connectivity index (χ2n) is 5.32. The maximum atomic E-state index is 11.3. The number of benzene rings is 2. The summed E-state index contributed by atoms with van der Waals surface area (Å²) in [4.78, 5) is 11.3. The van der Waals surface area contributed by atoms with Crippen LogP contribution >= 0.6 is 12.2 Å². The monoisotopic (exact) mass is 342 g/mol. The molecule has 0 unspecified atom stereocenters. The first-order valence-corrected chi connectivity index (χ1v) is 8.46. The van der Waals surface area contributed by atoms with Crippen LogP contribution in [0.2, 0.25) is 0 Å². The lowest BCUT2D eigenvalue weighted by Crippen LogP contribution is -2.33. The minimum atomic E-state index is -0.110. The van der Waals surface area contributed by atoms with Gasteiger partial charge < -0.3 is 15.4 Å². The van der Waals surface area contributed by atoms with E-state index in [1.807, 2.05) is 42.5 Å². The zero-order valence-electron chi connectivity index (χ0n) is 13.7. The van der Waals surface area contributed by atoms with E-state index in [4.69, 9.17) is 17.0 Å². The topological polar surface area (TPSA) is 50.4 Å². The third kappa shape index (κ3) is 6.38. The minimum absolute atomic E-state index is 0.110. The van der Waals surface area contributed by atoms with Gasteiger partial charge in [-0.15, -0.1) is 0 Å². The number of nitrogens with one attached hydrogen (secondary N) is 2. The molecule has 24 heavy (non-hydrogen) atoms. The quantitative estimate of drug-likeness (QED) is 0.591. The van der Waals surface area contributed by atoms with Crippen LogP contribution < -0.4 is 15.4 Å². The van der Waals surface area contributed by atoms with E-state index < -0.39 is 0 Å². The lowest BCUT2D eigenvalue weighted by atomic mass is 10.1. The largest absolute Gasteiger partial charge is 0.494 e. The molecule has 0 aliphatic carbocycles. The highest BCUT2D eigenvalue weighted by molar-refractivity contribution is 7.80. The summed E-state index contributed by atoms with van der Waals surface area (Å²) in [6.45, 7) is 2.43. The molecule has 2 aromatic rings. The molecule has 126 valence electrons. The summed E-state index contributed by atoms with van der Waals surface area (Å²) < 4.78 is 5.78. The summed E-state index contributed by atoms with van der Waals surface area (Å²) in [7, 11) is 0. The number of aryl methyl sites for hydroxylation is 1. The number of thiocarbonyl (C=S) groups is 1. The molecule has 0 aliphatic rings. The average Bonchev–Trinajstić information content (AvgIpc) is 2.60. The van der Waals surface area contributed by atoms with Gasteiger partial charge in [0.25, 0.3) is 0 Å². The number of hydrogen-bond acceptors (Lipinski definition) is 3. The van der Waals surface area contributed by atoms with E-state index in [0.29, 0.717) is 18.1 Å². The van der Waals surface area contributed by atoms with E-state index in [1.54, 1.807) is 6.92 Å². The lowest BCUT2D eigenvalue weighted by molar-refractivity contribution is -0.119. The van der Waals surface area contributed by atoms with Crippen LogP contribution in [0.1, 0.15) is 25.3 Å². The first-order valence-electron chi connectivity index (χ1n) is 8.05. The van der Waals surface area contributed by atoms with Gasteiger partial charge in [-0.2, -0.15) is 0 Å². The van der Waals surface area contributed by atoms with Crippen molar-refractivity contribution in [2.75, 3.05) is 11.9 Å². The third-order valence-electron chi connectivity index (χ3n) is 3.39. The Morgan fingerprint density at radius 1 is 1.12 bits per heavy atom. The van der Waals surface area contributed by atoms with Crippen LogP contribution in [-0.2, 0) is 11.2 Å². The number of anilines is 1. The number of carbonyl (C=O) groups excluding carboxylic acids is 1. The highest BCUT2D eigenvalue weighted by Crippen LogP contribution is 2.17. The lowest BCUT2D eigenvalue weighted by Gasteiger charge is -2.11. The summed E-state index contributed by atoms with van der Waals surface area (Å²) in [5, 5.41) is 5.89. The first kappa shape index (κ1) is 17.9. The number of carbonyl (C=O) groups is 1. The molecule has 0 saturated heterocycles. The van der Waals surface area contributed by atoms with Crippen LogP contribution in [-0.4, -0.2) is 17.6 Å². The average molecular weight is 342 g/mol. The number of ether oxygens (including phenoxy) is 1. The predicted molar refractivity (Wildman–Crippen MR) is 101 cm³/mol. The summed E-state index contributed by atoms with van der Waals surface area (Å²) in [6, 6.07) is 17.9. The molecule has 5 heteroatoms. The number of amides is 1. The van der Waals surface area contributed by atoms with Crippen molar-refractivity contribution in [2.45, 2.75) is 26.2 Å². The van der Waals surface area contributed by atoms with Crippen LogP contribution in [0.4, 0.5) is 5.69 Å². The molecule has 2 rings (SSSR count). The van der Waals surface area contributed by atoms with Gasteiger partial charge in [0.15, 0.2) is 5.11 Å². The van der Waals surface area contributed by atoms with E-state index in [0.717, 1.165) is 24.3 Å². The molecule has 0 saturated carbocycles. The molecular formula is C19H22N2O2S. The van der Waals surface area contributed by atoms with E-state index in [-0.39, 0.29) is 5.91 Å². The smallest absolute Gasteiger partial charge is 0.225 e. The second kappa shape index (κ2) is 9.67. The Kier molecular flexibility index (Phi) is 7.23. The molecular weight excluding hydrogens is 320 g/mol. The zero-order chi connectivity index (χ0) is 17.2. The first-order chi connectivity index (χ1) is 11.7. The molecule has 0 fully saturated rings. The van der Waals surface area contributed by atoms with Crippen LogP contribution in [0.3, 0.4) is 0 Å². The van der Waals surface area contributed by atoms with Crippen molar-refractivity contribution in [3.8, 4) is 5.75 Å². The van der Waals surface area contributed by atoms with E-state index in [2.05, 4.69) is 22.8 Å². The van der Waals surface area contributed by atoms with Gasteiger partial charge in [0.05, 0.1) is 6.61 Å². The SMILES string of the molecule is CCC(=O)NC(=S)Nc1cccc(OCCCc2ccccc2)c1. The maximum Gasteiger partial charge on any atom is 0.225 e. The molecule has 0 radical (unpaired) electrons. The predicted octanol–water partition coefficient (Wildman–Crippen LogP) is 3.92. The van der Waals surface area contributed by atoms with Crippen LogP contribution in [0, 0.1) is 0 Å². The molecule has 0 atom stereocenters. The van der Waals surface area contributed by atoms with Crippen LogP contribution in [0.15, 0.2) is 54.6 Å². The van der Waals surface area contributed by atoms with Crippen molar-refractivity contribution in [1.29, 1.82) is 0 Å². The molecule has 2 aromatic carbocycles. The van der Waals surface area contributed by atoms with Crippen LogP contribution in [0.5, 0.6) is 5.75 Å². The number of rotatable bonds is 7. The normalized spacial score (nSPS) is 10.0. The highest BCUT2D eigenvalue weighted by Gasteiger charge is 2.03. The van der Waals surface area contributed by atoms with E-state index in [1.165, 1.54) is 5.56 Å². The Balaban J connectivity index is 1.77. The van der Waals surface area contributed by atoms with Gasteiger partial charge in [0.2, 0.25) is 5.91 Å². The van der Waals surface area contributed by atoms with Gasteiger partial charge >= 0.3 is 0 Å². The van der Waals surface area contributed by atoms with E-state index >= 15 is 0 Å². The summed E-state index contributed by atoms with van der Waals surface area (Å²) in [5.74, 6) is 0.665. The molecule has 1 amide bonds. The van der Waals surface area contributed by atoms with Gasteiger partial charge in [0, 0.05) is 18.2 Å². The molecule has 4 nitrogen and oxygen atoms in total. The highest BCUT2D eigenvalue weighted by atomic mass is 32.1. The fraction of sp³-hybridized carbons (Fsp3) is 0.263. The van der Waals surface area contributed by atoms with Gasteiger partial charge in [-0.25, -0.2) is 0 Å². The summed E-state index contributed by atoms with van der Waals surface area (Å²) in [6.07, 6.45) is 2.34. The van der Waals surface area contributed by atoms with Gasteiger partial charge in [0.1, 0.15) is 5.75 Å². The molecule has 0 spiro atoms. The Morgan fingerprint density at radius 2 is 1.92 bits per heavy atom. The molecule has 0 heterocycles. The van der Waals surface area contributed by atoms with Crippen molar-refractivity contribution in [3.63, 3.8) is 0 Å². The summed E-state index contributed by atoms with van der Waals surface area (Å²) in [5.41, 5.74) is 2.10. The van der Waals surface area contributed by atoms with Gasteiger partial charge in [-0.05, 0) is 42.8 Å². The van der Waals surface area contributed by atoms with Crippen molar-refractivity contribution in [2.24, 2.45) is 0 Å². The molecule has 0 aliphatic heterocycles. The Morgan fingerprint density at radius 3 is 2.67 bits per heavy atom. The fourth-order valence-corrected chi connectivity index (χ4v) is 2.38. The maximum absolute atomic E-state index is 11.3. The second-order valence-corrected chi connectivity index (χ2v) is 5.73. The van der Waals surface area contributed by atoms with Crippen molar-refractivity contribution in [1.82, 2.24) is 5.32 Å². The standard InChI is InChI=1S/C19H22N2O2S/c1-2-18(22)21-19(24)20-16-11-6-12-17(14-16)23-13-7-10-15-8-4-3-5-9-15/h3-6,8-9,11-12,14H,2,7,10,13H2,1H3,(H2,20,21,22,24). The third-order valence-corrected chi connectivity index (χ3v) is 3.59. The molecule has 2 N–H and O–H groups in total. The van der Waals surface area contributed by atoms with E-state index in [9.17, 15) is 4.79 Å². The minimum Gasteiger partial charge on any atom is -0.494 e. The Bertz CT molecular complexity index is 674. The molecule has 0 aromatic heterocycles. The van der Waals surface area contributed by atoms with Crippen molar-refractivity contribution >= 4 is 28.9 Å². The number of hydrogen-bond donors (Lipinski definition) is 2. The fourth-order valence-electron chi connectivity index (χ4n) is 2.15. The van der Waals surface area contributed by atoms with Crippen molar-refractivity contribution < 1.29 is 9.53 Å². The van der Waals surface area contributed by atoms with Crippen LogP contribution in [0.25, 0.3) is 0 Å². The van der Waals surface area contributed by atoms with Gasteiger partial charge in [-0.3, -0.25) is 4.79 Å². The Labute approximate surface area is 148 Å². The Hall–Kier alpha value is -2.40. The summed E-state index contributed by atoms with van der Waals surface area (Å²) >= 11 is 5.10. The van der Waals surface area contributed by atoms with Crippen molar-refractivity contribution in [3.05, 3.63) is 60.2 Å². The zero-order valence-corrected chi connectivity index (χ0v) is 14.6.